The lowest BCUT2D eigenvalue weighted by Gasteiger charge is -2.28. The quantitative estimate of drug-likeness (QED) is 0.526. The summed E-state index contributed by atoms with van der Waals surface area (Å²) in [4.78, 5) is 42.2. The summed E-state index contributed by atoms with van der Waals surface area (Å²) in [5, 5.41) is 0.504. The molecule has 4 rings (SSSR count). The highest BCUT2D eigenvalue weighted by molar-refractivity contribution is 6.31. The van der Waals surface area contributed by atoms with Crippen LogP contribution in [0.5, 0.6) is 5.75 Å². The van der Waals surface area contributed by atoms with Gasteiger partial charge in [0, 0.05) is 17.1 Å². The van der Waals surface area contributed by atoms with E-state index in [0.717, 1.165) is 10.5 Å². The van der Waals surface area contributed by atoms with Gasteiger partial charge in [0.1, 0.15) is 11.8 Å². The second kappa shape index (κ2) is 9.24. The van der Waals surface area contributed by atoms with Gasteiger partial charge in [-0.15, -0.1) is 0 Å². The summed E-state index contributed by atoms with van der Waals surface area (Å²) >= 11 is 5.94. The fourth-order valence-electron chi connectivity index (χ4n) is 3.72. The second-order valence-electron chi connectivity index (χ2n) is 7.41. The van der Waals surface area contributed by atoms with Crippen LogP contribution in [0.4, 0.5) is 5.69 Å². The molecule has 0 N–H and O–H groups in total. The summed E-state index contributed by atoms with van der Waals surface area (Å²) < 4.78 is 5.17. The maximum atomic E-state index is 13.5. The molecular formula is C25H21ClN2O4. The number of rotatable bonds is 6. The first-order valence-corrected chi connectivity index (χ1v) is 10.5. The standard InChI is InChI=1S/C25H21ClN2O4/c1-32-21-13-7-18(8-14-21)24(30)27(16-17-5-3-2-4-6-17)22-15-23(29)28(25(22)31)20-11-9-19(26)10-12-20/h2-14,22H,15-16H2,1H3. The van der Waals surface area contributed by atoms with Crippen LogP contribution in [0.15, 0.2) is 78.9 Å². The summed E-state index contributed by atoms with van der Waals surface area (Å²) in [6, 6.07) is 21.6. The Morgan fingerprint density at radius 2 is 1.66 bits per heavy atom. The van der Waals surface area contributed by atoms with E-state index in [-0.39, 0.29) is 24.8 Å². The number of anilines is 1. The molecule has 0 aliphatic carbocycles. The molecule has 1 fully saturated rings. The van der Waals surface area contributed by atoms with Crippen LogP contribution in [0.1, 0.15) is 22.3 Å². The van der Waals surface area contributed by atoms with Gasteiger partial charge in [-0.25, -0.2) is 4.90 Å². The number of nitrogens with zero attached hydrogens (tertiary/aromatic N) is 2. The SMILES string of the molecule is COc1ccc(C(=O)N(Cc2ccccc2)C2CC(=O)N(c3ccc(Cl)cc3)C2=O)cc1. The molecule has 32 heavy (non-hydrogen) atoms. The lowest BCUT2D eigenvalue weighted by molar-refractivity contribution is -0.122. The summed E-state index contributed by atoms with van der Waals surface area (Å²) in [5.74, 6) is -0.504. The van der Waals surface area contributed by atoms with E-state index in [0.29, 0.717) is 22.0 Å². The Bertz CT molecular complexity index is 1130. The Morgan fingerprint density at radius 1 is 1.00 bits per heavy atom. The van der Waals surface area contributed by atoms with Crippen molar-refractivity contribution >= 4 is 35.0 Å². The van der Waals surface area contributed by atoms with Crippen molar-refractivity contribution in [1.82, 2.24) is 4.90 Å². The Morgan fingerprint density at radius 3 is 2.28 bits per heavy atom. The molecule has 1 unspecified atom stereocenters. The smallest absolute Gasteiger partial charge is 0.257 e. The van der Waals surface area contributed by atoms with Gasteiger partial charge in [0.15, 0.2) is 0 Å². The van der Waals surface area contributed by atoms with E-state index < -0.39 is 11.9 Å². The number of halogens is 1. The number of carbonyl (C=O) groups is 3. The van der Waals surface area contributed by atoms with Gasteiger partial charge >= 0.3 is 0 Å². The maximum Gasteiger partial charge on any atom is 0.257 e. The number of hydrogen-bond donors (Lipinski definition) is 0. The number of imide groups is 1. The van der Waals surface area contributed by atoms with Crippen molar-refractivity contribution in [1.29, 1.82) is 0 Å². The highest BCUT2D eigenvalue weighted by Crippen LogP contribution is 2.29. The molecule has 1 atom stereocenters. The minimum absolute atomic E-state index is 0.0871. The molecule has 1 aliphatic rings. The lowest BCUT2D eigenvalue weighted by Crippen LogP contribution is -2.45. The zero-order valence-corrected chi connectivity index (χ0v) is 18.2. The van der Waals surface area contributed by atoms with Gasteiger partial charge < -0.3 is 9.64 Å². The molecular weight excluding hydrogens is 428 g/mol. The molecule has 0 radical (unpaired) electrons. The van der Waals surface area contributed by atoms with Crippen LogP contribution >= 0.6 is 11.6 Å². The number of benzene rings is 3. The normalized spacial score (nSPS) is 15.7. The predicted molar refractivity (Wildman–Crippen MR) is 122 cm³/mol. The van der Waals surface area contributed by atoms with Crippen LogP contribution in [-0.4, -0.2) is 35.8 Å². The fraction of sp³-hybridized carbons (Fsp3) is 0.160. The zero-order chi connectivity index (χ0) is 22.7. The molecule has 0 saturated carbocycles. The Labute approximate surface area is 191 Å². The van der Waals surface area contributed by atoms with Crippen LogP contribution in [-0.2, 0) is 16.1 Å². The van der Waals surface area contributed by atoms with E-state index in [4.69, 9.17) is 16.3 Å². The van der Waals surface area contributed by atoms with Crippen molar-refractivity contribution in [3.8, 4) is 5.75 Å². The molecule has 1 saturated heterocycles. The molecule has 0 aromatic heterocycles. The molecule has 0 spiro atoms. The first kappa shape index (κ1) is 21.6. The van der Waals surface area contributed by atoms with Crippen LogP contribution < -0.4 is 9.64 Å². The topological polar surface area (TPSA) is 66.9 Å². The molecule has 1 aliphatic heterocycles. The molecule has 162 valence electrons. The average molecular weight is 449 g/mol. The van der Waals surface area contributed by atoms with Gasteiger partial charge in [-0.2, -0.15) is 0 Å². The zero-order valence-electron chi connectivity index (χ0n) is 17.4. The van der Waals surface area contributed by atoms with Gasteiger partial charge in [0.25, 0.3) is 11.8 Å². The minimum atomic E-state index is -0.909. The Kier molecular flexibility index (Phi) is 6.23. The molecule has 3 aromatic carbocycles. The van der Waals surface area contributed by atoms with Gasteiger partial charge in [0.05, 0.1) is 19.2 Å². The molecule has 1 heterocycles. The fourth-order valence-corrected chi connectivity index (χ4v) is 3.85. The Balaban J connectivity index is 1.67. The van der Waals surface area contributed by atoms with Crippen molar-refractivity contribution in [3.05, 3.63) is 95.0 Å². The first-order valence-electron chi connectivity index (χ1n) is 10.1. The van der Waals surface area contributed by atoms with Crippen LogP contribution in [0.3, 0.4) is 0 Å². The number of carbonyl (C=O) groups excluding carboxylic acids is 3. The number of hydrogen-bond acceptors (Lipinski definition) is 4. The van der Waals surface area contributed by atoms with E-state index in [2.05, 4.69) is 0 Å². The lowest BCUT2D eigenvalue weighted by atomic mass is 10.1. The minimum Gasteiger partial charge on any atom is -0.497 e. The van der Waals surface area contributed by atoms with Gasteiger partial charge in [-0.05, 0) is 54.1 Å². The monoisotopic (exact) mass is 448 g/mol. The first-order chi connectivity index (χ1) is 15.5. The predicted octanol–water partition coefficient (Wildman–Crippen LogP) is 4.32. The summed E-state index contributed by atoms with van der Waals surface area (Å²) in [6.45, 7) is 0.198. The van der Waals surface area contributed by atoms with E-state index in [1.165, 1.54) is 4.90 Å². The third-order valence-corrected chi connectivity index (χ3v) is 5.63. The number of amides is 3. The summed E-state index contributed by atoms with van der Waals surface area (Å²) in [6.07, 6.45) is -0.0871. The molecule has 3 aromatic rings. The number of ether oxygens (including phenoxy) is 1. The van der Waals surface area contributed by atoms with Crippen molar-refractivity contribution in [2.24, 2.45) is 0 Å². The number of methoxy groups -OCH3 is 1. The van der Waals surface area contributed by atoms with Crippen molar-refractivity contribution in [2.75, 3.05) is 12.0 Å². The van der Waals surface area contributed by atoms with Crippen molar-refractivity contribution in [3.63, 3.8) is 0 Å². The van der Waals surface area contributed by atoms with Crippen molar-refractivity contribution in [2.45, 2.75) is 19.0 Å². The third-order valence-electron chi connectivity index (χ3n) is 5.38. The second-order valence-corrected chi connectivity index (χ2v) is 7.85. The molecule has 7 heteroatoms. The third kappa shape index (κ3) is 4.36. The highest BCUT2D eigenvalue weighted by atomic mass is 35.5. The van der Waals surface area contributed by atoms with Crippen LogP contribution in [0.2, 0.25) is 5.02 Å². The largest absolute Gasteiger partial charge is 0.497 e. The van der Waals surface area contributed by atoms with E-state index in [1.54, 1.807) is 55.6 Å². The van der Waals surface area contributed by atoms with E-state index in [9.17, 15) is 14.4 Å². The van der Waals surface area contributed by atoms with Crippen LogP contribution in [0, 0.1) is 0 Å². The van der Waals surface area contributed by atoms with Crippen LogP contribution in [0.25, 0.3) is 0 Å². The Hall–Kier alpha value is -3.64. The van der Waals surface area contributed by atoms with E-state index in [1.807, 2.05) is 30.3 Å². The molecule has 6 nitrogen and oxygen atoms in total. The van der Waals surface area contributed by atoms with Gasteiger partial charge in [-0.3, -0.25) is 14.4 Å². The summed E-state index contributed by atoms with van der Waals surface area (Å²) in [5.41, 5.74) is 1.70. The van der Waals surface area contributed by atoms with Crippen molar-refractivity contribution < 1.29 is 19.1 Å². The highest BCUT2D eigenvalue weighted by Gasteiger charge is 2.44. The molecule has 0 bridgehead atoms. The average Bonchev–Trinajstić information content (AvgIpc) is 3.12. The van der Waals surface area contributed by atoms with Gasteiger partial charge in [-0.1, -0.05) is 41.9 Å². The van der Waals surface area contributed by atoms with E-state index >= 15 is 0 Å². The van der Waals surface area contributed by atoms with Gasteiger partial charge in [0.2, 0.25) is 5.91 Å². The summed E-state index contributed by atoms with van der Waals surface area (Å²) in [7, 11) is 1.55. The molecule has 3 amide bonds. The maximum absolute atomic E-state index is 13.5.